The fourth-order valence-corrected chi connectivity index (χ4v) is 5.58. The van der Waals surface area contributed by atoms with E-state index in [0.717, 1.165) is 11.4 Å². The van der Waals surface area contributed by atoms with E-state index in [-0.39, 0.29) is 23.5 Å². The summed E-state index contributed by atoms with van der Waals surface area (Å²) in [5, 5.41) is 11.7. The Morgan fingerprint density at radius 2 is 2.07 bits per heavy atom. The van der Waals surface area contributed by atoms with E-state index in [1.54, 1.807) is 37.9 Å². The number of thioether (sulfide) groups is 1. The summed E-state index contributed by atoms with van der Waals surface area (Å²) >= 11 is 1.23. The average molecular weight is 412 g/mol. The Bertz CT molecular complexity index is 913. The fraction of sp³-hybridized carbons (Fsp3) is 0.500. The number of hydrogen-bond acceptors (Lipinski definition) is 8. The molecule has 1 saturated heterocycles. The van der Waals surface area contributed by atoms with Crippen molar-refractivity contribution in [3.63, 3.8) is 0 Å². The number of hydrogen-bond donors (Lipinski definition) is 0. The van der Waals surface area contributed by atoms with Crippen molar-refractivity contribution in [1.29, 1.82) is 0 Å². The van der Waals surface area contributed by atoms with Gasteiger partial charge in [0.1, 0.15) is 5.75 Å². The molecule has 0 aliphatic carbocycles. The van der Waals surface area contributed by atoms with Crippen LogP contribution >= 0.6 is 11.8 Å². The molecule has 2 aromatic rings. The number of aromatic nitrogens is 4. The van der Waals surface area contributed by atoms with Gasteiger partial charge in [-0.2, -0.15) is 4.68 Å². The zero-order chi connectivity index (χ0) is 19.6. The number of nitrogens with zero attached hydrogens (tertiary/aromatic N) is 5. The molecule has 1 fully saturated rings. The minimum atomic E-state index is -3.05. The molecule has 0 saturated carbocycles. The van der Waals surface area contributed by atoms with Crippen LogP contribution in [0.15, 0.2) is 29.4 Å². The highest BCUT2D eigenvalue weighted by Crippen LogP contribution is 2.26. The molecular formula is C16H21N5O4S2. The molecule has 11 heteroatoms. The highest BCUT2D eigenvalue weighted by molar-refractivity contribution is 8.00. The van der Waals surface area contributed by atoms with Gasteiger partial charge < -0.3 is 9.64 Å². The van der Waals surface area contributed by atoms with E-state index < -0.39 is 15.1 Å². The van der Waals surface area contributed by atoms with E-state index in [1.807, 2.05) is 12.1 Å². The lowest BCUT2D eigenvalue weighted by Gasteiger charge is -2.26. The molecule has 2 heterocycles. The molecule has 0 radical (unpaired) electrons. The molecule has 146 valence electrons. The van der Waals surface area contributed by atoms with Gasteiger partial charge in [-0.05, 0) is 48.0 Å². The largest absolute Gasteiger partial charge is 0.497 e. The van der Waals surface area contributed by atoms with E-state index in [2.05, 4.69) is 15.5 Å². The molecule has 0 N–H and O–H groups in total. The molecule has 2 atom stereocenters. The topological polar surface area (TPSA) is 107 Å². The molecule has 1 amide bonds. The number of carbonyl (C=O) groups excluding carboxylic acids is 1. The number of amides is 1. The first kappa shape index (κ1) is 19.6. The van der Waals surface area contributed by atoms with Gasteiger partial charge >= 0.3 is 0 Å². The maximum absolute atomic E-state index is 12.7. The lowest BCUT2D eigenvalue weighted by atomic mass is 10.2. The number of rotatable bonds is 6. The van der Waals surface area contributed by atoms with E-state index in [9.17, 15) is 13.2 Å². The van der Waals surface area contributed by atoms with Gasteiger partial charge in [0.05, 0.1) is 29.6 Å². The zero-order valence-corrected chi connectivity index (χ0v) is 16.9. The average Bonchev–Trinajstić information content (AvgIpc) is 3.26. The van der Waals surface area contributed by atoms with Gasteiger partial charge in [0, 0.05) is 13.1 Å². The molecule has 1 aromatic carbocycles. The van der Waals surface area contributed by atoms with Gasteiger partial charge in [0.2, 0.25) is 11.1 Å². The molecule has 9 nitrogen and oxygen atoms in total. The molecule has 2 unspecified atom stereocenters. The Morgan fingerprint density at radius 1 is 1.37 bits per heavy atom. The third-order valence-electron chi connectivity index (χ3n) is 4.49. The molecule has 3 rings (SSSR count). The Labute approximate surface area is 162 Å². The van der Waals surface area contributed by atoms with Crippen LogP contribution in [0.1, 0.15) is 13.3 Å². The van der Waals surface area contributed by atoms with Gasteiger partial charge in [-0.3, -0.25) is 4.79 Å². The summed E-state index contributed by atoms with van der Waals surface area (Å²) in [6.07, 6.45) is 0.478. The van der Waals surface area contributed by atoms with Gasteiger partial charge in [-0.1, -0.05) is 11.8 Å². The summed E-state index contributed by atoms with van der Waals surface area (Å²) in [6.45, 7) is 1.76. The summed E-state index contributed by atoms with van der Waals surface area (Å²) in [4.78, 5) is 14.2. The SMILES string of the molecule is COc1ccc(-n2nnnc2SC(C)C(=O)N(C)C2CCS(=O)(=O)C2)cc1. The molecule has 1 aromatic heterocycles. The molecule has 0 spiro atoms. The van der Waals surface area contributed by atoms with Crippen LogP contribution in [0.2, 0.25) is 0 Å². The summed E-state index contributed by atoms with van der Waals surface area (Å²) in [5.41, 5.74) is 0.748. The maximum Gasteiger partial charge on any atom is 0.235 e. The van der Waals surface area contributed by atoms with Gasteiger partial charge in [-0.25, -0.2) is 8.42 Å². The van der Waals surface area contributed by atoms with Crippen molar-refractivity contribution in [3.8, 4) is 11.4 Å². The number of tetrazole rings is 1. The molecule has 27 heavy (non-hydrogen) atoms. The Kier molecular flexibility index (Phi) is 5.70. The first-order chi connectivity index (χ1) is 12.8. The van der Waals surface area contributed by atoms with E-state index in [0.29, 0.717) is 11.6 Å². The van der Waals surface area contributed by atoms with E-state index >= 15 is 0 Å². The second-order valence-electron chi connectivity index (χ2n) is 6.34. The predicted molar refractivity (Wildman–Crippen MR) is 101 cm³/mol. The molecular weight excluding hydrogens is 390 g/mol. The van der Waals surface area contributed by atoms with Crippen molar-refractivity contribution in [1.82, 2.24) is 25.1 Å². The lowest BCUT2D eigenvalue weighted by Crippen LogP contribution is -2.41. The lowest BCUT2D eigenvalue weighted by molar-refractivity contribution is -0.130. The number of sulfone groups is 1. The summed E-state index contributed by atoms with van der Waals surface area (Å²) in [6, 6.07) is 6.97. The highest BCUT2D eigenvalue weighted by atomic mass is 32.2. The zero-order valence-electron chi connectivity index (χ0n) is 15.3. The monoisotopic (exact) mass is 411 g/mol. The van der Waals surface area contributed by atoms with Crippen molar-refractivity contribution in [2.45, 2.75) is 29.8 Å². The first-order valence-electron chi connectivity index (χ1n) is 8.37. The molecule has 0 bridgehead atoms. The minimum absolute atomic E-state index is 0.0240. The fourth-order valence-electron chi connectivity index (χ4n) is 2.89. The second-order valence-corrected chi connectivity index (χ2v) is 9.87. The third-order valence-corrected chi connectivity index (χ3v) is 7.26. The van der Waals surface area contributed by atoms with Crippen LogP contribution in [-0.4, -0.2) is 76.4 Å². The van der Waals surface area contributed by atoms with Gasteiger partial charge in [0.25, 0.3) is 0 Å². The summed E-state index contributed by atoms with van der Waals surface area (Å²) in [5.74, 6) is 0.729. The maximum atomic E-state index is 12.7. The van der Waals surface area contributed by atoms with E-state index in [1.165, 1.54) is 16.7 Å². The van der Waals surface area contributed by atoms with Crippen LogP contribution < -0.4 is 4.74 Å². The minimum Gasteiger partial charge on any atom is -0.497 e. The second kappa shape index (κ2) is 7.85. The number of carbonyl (C=O) groups is 1. The van der Waals surface area contributed by atoms with Crippen LogP contribution in [-0.2, 0) is 14.6 Å². The quantitative estimate of drug-likeness (QED) is 0.643. The van der Waals surface area contributed by atoms with E-state index in [4.69, 9.17) is 4.74 Å². The summed E-state index contributed by atoms with van der Waals surface area (Å²) < 4.78 is 30.0. The summed E-state index contributed by atoms with van der Waals surface area (Å²) in [7, 11) is 0.195. The van der Waals surface area contributed by atoms with Crippen molar-refractivity contribution >= 4 is 27.5 Å². The molecule has 1 aliphatic heterocycles. The van der Waals surface area contributed by atoms with Crippen molar-refractivity contribution < 1.29 is 17.9 Å². The normalized spacial score (nSPS) is 19.6. The van der Waals surface area contributed by atoms with Crippen LogP contribution in [0.25, 0.3) is 5.69 Å². The van der Waals surface area contributed by atoms with Crippen LogP contribution in [0, 0.1) is 0 Å². The Hall–Kier alpha value is -2.14. The number of methoxy groups -OCH3 is 1. The Balaban J connectivity index is 1.70. The third kappa shape index (κ3) is 4.41. The van der Waals surface area contributed by atoms with Gasteiger partial charge in [0.15, 0.2) is 9.84 Å². The first-order valence-corrected chi connectivity index (χ1v) is 11.1. The van der Waals surface area contributed by atoms with Crippen molar-refractivity contribution in [2.75, 3.05) is 25.7 Å². The van der Waals surface area contributed by atoms with Crippen LogP contribution in [0.3, 0.4) is 0 Å². The standard InChI is InChI=1S/C16H21N5O4S2/c1-11(15(22)20(2)13-8-9-27(23,24)10-13)26-16-17-18-19-21(16)12-4-6-14(25-3)7-5-12/h4-7,11,13H,8-10H2,1-3H3. The van der Waals surface area contributed by atoms with Gasteiger partial charge in [-0.15, -0.1) is 5.10 Å². The predicted octanol–water partition coefficient (Wildman–Crippen LogP) is 0.797. The number of ether oxygens (including phenoxy) is 1. The van der Waals surface area contributed by atoms with Crippen molar-refractivity contribution in [3.05, 3.63) is 24.3 Å². The smallest absolute Gasteiger partial charge is 0.235 e. The highest BCUT2D eigenvalue weighted by Gasteiger charge is 2.34. The Morgan fingerprint density at radius 3 is 2.67 bits per heavy atom. The number of benzene rings is 1. The van der Waals surface area contributed by atoms with Crippen LogP contribution in [0.4, 0.5) is 0 Å². The van der Waals surface area contributed by atoms with Crippen molar-refractivity contribution in [2.24, 2.45) is 0 Å². The van der Waals surface area contributed by atoms with Crippen LogP contribution in [0.5, 0.6) is 5.75 Å². The molecule has 1 aliphatic rings.